The Morgan fingerprint density at radius 3 is 2.46 bits per heavy atom. The second-order valence-electron chi connectivity index (χ2n) is 6.76. The predicted octanol–water partition coefficient (Wildman–Crippen LogP) is 2.84. The lowest BCUT2D eigenvalue weighted by Gasteiger charge is -2.39. The Labute approximate surface area is 142 Å². The Morgan fingerprint density at radius 1 is 1.25 bits per heavy atom. The molecule has 1 atom stereocenters. The van der Waals surface area contributed by atoms with Crippen LogP contribution in [0.25, 0.3) is 0 Å². The minimum atomic E-state index is -0.907. The van der Waals surface area contributed by atoms with E-state index in [4.69, 9.17) is 5.11 Å². The highest BCUT2D eigenvalue weighted by atomic mass is 16.4. The van der Waals surface area contributed by atoms with Gasteiger partial charge in [-0.15, -0.1) is 0 Å². The number of carbonyl (C=O) groups is 2. The van der Waals surface area contributed by atoms with Gasteiger partial charge in [0.2, 0.25) is 0 Å². The monoisotopic (exact) mass is 331 g/mol. The number of hydrogen-bond donors (Lipinski definition) is 2. The first-order valence-corrected chi connectivity index (χ1v) is 8.24. The van der Waals surface area contributed by atoms with E-state index in [2.05, 4.69) is 0 Å². The molecule has 1 fully saturated rings. The van der Waals surface area contributed by atoms with E-state index in [0.717, 1.165) is 11.1 Å². The van der Waals surface area contributed by atoms with Gasteiger partial charge >= 0.3 is 5.97 Å². The fourth-order valence-corrected chi connectivity index (χ4v) is 3.07. The maximum atomic E-state index is 12.7. The van der Waals surface area contributed by atoms with Gasteiger partial charge < -0.3 is 15.1 Å². The highest BCUT2D eigenvalue weighted by molar-refractivity contribution is 5.94. The van der Waals surface area contributed by atoms with E-state index in [9.17, 15) is 14.7 Å². The number of aliphatic carboxylic acids is 1. The van der Waals surface area contributed by atoms with Gasteiger partial charge in [0.05, 0.1) is 12.0 Å². The third-order valence-corrected chi connectivity index (χ3v) is 4.60. The normalized spacial score (nSPS) is 20.5. The topological polar surface area (TPSA) is 77.8 Å². The summed E-state index contributed by atoms with van der Waals surface area (Å²) in [6.07, 6.45) is 3.65. The molecular weight excluding hydrogens is 306 g/mol. The van der Waals surface area contributed by atoms with E-state index >= 15 is 0 Å². The Bertz CT molecular complexity index is 631. The zero-order chi connectivity index (χ0) is 17.7. The van der Waals surface area contributed by atoms with Gasteiger partial charge in [-0.05, 0) is 50.8 Å². The molecule has 1 saturated heterocycles. The summed E-state index contributed by atoms with van der Waals surface area (Å²) in [6, 6.07) is 6.79. The molecule has 0 aliphatic carbocycles. The summed E-state index contributed by atoms with van der Waals surface area (Å²) in [5, 5.41) is 18.8. The van der Waals surface area contributed by atoms with Crippen LogP contribution in [0.3, 0.4) is 0 Å². The molecule has 0 unspecified atom stereocenters. The van der Waals surface area contributed by atoms with Gasteiger partial charge in [0.15, 0.2) is 0 Å². The molecule has 5 heteroatoms. The Hall–Kier alpha value is -2.14. The SMILES string of the molecule is CC(C)=CC[C@@]1(C(=O)O)CCCN(C(=O)c2ccc(CO)cc2)C1. The number of piperidine rings is 1. The minimum Gasteiger partial charge on any atom is -0.481 e. The molecule has 1 aromatic carbocycles. The summed E-state index contributed by atoms with van der Waals surface area (Å²) in [6.45, 7) is 4.63. The molecule has 2 N–H and O–H groups in total. The third kappa shape index (κ3) is 4.03. The lowest BCUT2D eigenvalue weighted by Crippen LogP contribution is -2.49. The molecule has 1 aliphatic heterocycles. The van der Waals surface area contributed by atoms with E-state index in [-0.39, 0.29) is 19.1 Å². The number of aliphatic hydroxyl groups is 1. The number of carbonyl (C=O) groups excluding carboxylic acids is 1. The van der Waals surface area contributed by atoms with Crippen molar-refractivity contribution in [2.24, 2.45) is 5.41 Å². The van der Waals surface area contributed by atoms with Crippen LogP contribution >= 0.6 is 0 Å². The molecule has 130 valence electrons. The molecule has 1 aliphatic rings. The zero-order valence-corrected chi connectivity index (χ0v) is 14.3. The van der Waals surface area contributed by atoms with Crippen molar-refractivity contribution < 1.29 is 19.8 Å². The van der Waals surface area contributed by atoms with Crippen molar-refractivity contribution in [2.45, 2.75) is 39.7 Å². The number of carboxylic acids is 1. The minimum absolute atomic E-state index is 0.0665. The molecule has 2 rings (SSSR count). The maximum Gasteiger partial charge on any atom is 0.311 e. The quantitative estimate of drug-likeness (QED) is 0.813. The van der Waals surface area contributed by atoms with Crippen molar-refractivity contribution in [3.63, 3.8) is 0 Å². The van der Waals surface area contributed by atoms with Gasteiger partial charge in [0.1, 0.15) is 0 Å². The number of carboxylic acid groups (broad SMARTS) is 1. The van der Waals surface area contributed by atoms with Crippen LogP contribution in [0.1, 0.15) is 49.0 Å². The summed E-state index contributed by atoms with van der Waals surface area (Å²) >= 11 is 0. The molecule has 5 nitrogen and oxygen atoms in total. The summed E-state index contributed by atoms with van der Waals surface area (Å²) in [4.78, 5) is 26.2. The van der Waals surface area contributed by atoms with Crippen LogP contribution in [0.15, 0.2) is 35.9 Å². The molecule has 0 aromatic heterocycles. The van der Waals surface area contributed by atoms with Crippen LogP contribution in [0, 0.1) is 5.41 Å². The predicted molar refractivity (Wildman–Crippen MR) is 91.6 cm³/mol. The van der Waals surface area contributed by atoms with Crippen LogP contribution < -0.4 is 0 Å². The standard InChI is InChI=1S/C19H25NO4/c1-14(2)8-10-19(18(23)24)9-3-11-20(13-19)17(22)16-6-4-15(12-21)5-7-16/h4-8,21H,3,9-13H2,1-2H3,(H,23,24)/t19-/m0/s1. The number of likely N-dealkylation sites (tertiary alicyclic amines) is 1. The fraction of sp³-hybridized carbons (Fsp3) is 0.474. The fourth-order valence-electron chi connectivity index (χ4n) is 3.07. The lowest BCUT2D eigenvalue weighted by atomic mass is 9.76. The second-order valence-corrected chi connectivity index (χ2v) is 6.76. The number of benzene rings is 1. The highest BCUT2D eigenvalue weighted by Crippen LogP contribution is 2.35. The van der Waals surface area contributed by atoms with Crippen LogP contribution in [-0.2, 0) is 11.4 Å². The van der Waals surface area contributed by atoms with Crippen LogP contribution in [0.5, 0.6) is 0 Å². The molecule has 24 heavy (non-hydrogen) atoms. The van der Waals surface area contributed by atoms with Gasteiger partial charge in [-0.2, -0.15) is 0 Å². The van der Waals surface area contributed by atoms with Crippen LogP contribution in [-0.4, -0.2) is 40.1 Å². The first-order valence-electron chi connectivity index (χ1n) is 8.24. The third-order valence-electron chi connectivity index (χ3n) is 4.60. The zero-order valence-electron chi connectivity index (χ0n) is 14.3. The van der Waals surface area contributed by atoms with Crippen molar-refractivity contribution in [3.05, 3.63) is 47.0 Å². The average molecular weight is 331 g/mol. The van der Waals surface area contributed by atoms with Gasteiger partial charge in [-0.3, -0.25) is 9.59 Å². The molecule has 1 aromatic rings. The largest absolute Gasteiger partial charge is 0.481 e. The van der Waals surface area contributed by atoms with Crippen LogP contribution in [0.4, 0.5) is 0 Å². The van der Waals surface area contributed by atoms with Crippen molar-refractivity contribution in [1.82, 2.24) is 4.90 Å². The Kier molecular flexibility index (Phi) is 5.78. The van der Waals surface area contributed by atoms with E-state index < -0.39 is 11.4 Å². The number of amides is 1. The van der Waals surface area contributed by atoms with E-state index in [1.54, 1.807) is 29.2 Å². The molecule has 0 spiro atoms. The Balaban J connectivity index is 2.19. The average Bonchev–Trinajstić information content (AvgIpc) is 2.59. The number of nitrogens with zero attached hydrogens (tertiary/aromatic N) is 1. The van der Waals surface area contributed by atoms with Gasteiger partial charge in [-0.25, -0.2) is 0 Å². The summed E-state index contributed by atoms with van der Waals surface area (Å²) < 4.78 is 0. The number of allylic oxidation sites excluding steroid dienone is 2. The summed E-state index contributed by atoms with van der Waals surface area (Å²) in [7, 11) is 0. The molecule has 0 saturated carbocycles. The highest BCUT2D eigenvalue weighted by Gasteiger charge is 2.42. The molecule has 1 heterocycles. The van der Waals surface area contributed by atoms with Gasteiger partial charge in [-0.1, -0.05) is 23.8 Å². The van der Waals surface area contributed by atoms with Crippen LogP contribution in [0.2, 0.25) is 0 Å². The Morgan fingerprint density at radius 2 is 1.92 bits per heavy atom. The van der Waals surface area contributed by atoms with Crippen molar-refractivity contribution in [3.8, 4) is 0 Å². The number of rotatable bonds is 5. The first-order chi connectivity index (χ1) is 11.4. The van der Waals surface area contributed by atoms with Crippen molar-refractivity contribution in [1.29, 1.82) is 0 Å². The maximum absolute atomic E-state index is 12.7. The molecule has 0 bridgehead atoms. The number of hydrogen-bond acceptors (Lipinski definition) is 3. The van der Waals surface area contributed by atoms with Crippen molar-refractivity contribution in [2.75, 3.05) is 13.1 Å². The smallest absolute Gasteiger partial charge is 0.311 e. The van der Waals surface area contributed by atoms with Gasteiger partial charge in [0, 0.05) is 18.7 Å². The van der Waals surface area contributed by atoms with E-state index in [1.165, 1.54) is 0 Å². The van der Waals surface area contributed by atoms with E-state index in [0.29, 0.717) is 31.4 Å². The number of aliphatic hydroxyl groups excluding tert-OH is 1. The van der Waals surface area contributed by atoms with Crippen molar-refractivity contribution >= 4 is 11.9 Å². The summed E-state index contributed by atoms with van der Waals surface area (Å²) in [5.41, 5.74) is 1.44. The van der Waals surface area contributed by atoms with E-state index in [1.807, 2.05) is 19.9 Å². The first kappa shape index (κ1) is 18.2. The molecule has 1 amide bonds. The lowest BCUT2D eigenvalue weighted by molar-refractivity contribution is -0.151. The molecular formula is C19H25NO4. The summed E-state index contributed by atoms with van der Waals surface area (Å²) in [5.74, 6) is -0.991. The molecule has 0 radical (unpaired) electrons. The second kappa shape index (κ2) is 7.62. The van der Waals surface area contributed by atoms with Gasteiger partial charge in [0.25, 0.3) is 5.91 Å².